The molecular formula is C8H15NO2. The molecule has 0 rings (SSSR count). The average Bonchev–Trinajstić information content (AvgIpc) is 1.98. The van der Waals surface area contributed by atoms with Crippen molar-refractivity contribution < 1.29 is 9.53 Å². The third kappa shape index (κ3) is 3.07. The van der Waals surface area contributed by atoms with Gasteiger partial charge in [0, 0.05) is 0 Å². The molecule has 0 saturated carbocycles. The minimum Gasteiger partial charge on any atom is -0.467 e. The minimum absolute atomic E-state index is 0.209. The number of hydrogen-bond donors (Lipinski definition) is 1. The lowest BCUT2D eigenvalue weighted by Gasteiger charge is -2.17. The van der Waals surface area contributed by atoms with Crippen LogP contribution in [0.25, 0.3) is 0 Å². The molecule has 0 aromatic heterocycles. The van der Waals surface area contributed by atoms with Gasteiger partial charge in [-0.3, -0.25) is 0 Å². The van der Waals surface area contributed by atoms with Crippen LogP contribution in [-0.4, -0.2) is 19.1 Å². The Kier molecular flexibility index (Phi) is 4.34. The first kappa shape index (κ1) is 10.0. The smallest absolute Gasteiger partial charge is 0.328 e. The molecule has 0 aliphatic heterocycles. The first-order valence-electron chi connectivity index (χ1n) is 3.58. The van der Waals surface area contributed by atoms with Crippen molar-refractivity contribution >= 4 is 5.97 Å². The number of ether oxygens (including phenoxy) is 1. The SMILES string of the molecule is C=CNC(C(=O)OC)C(C)C. The molecule has 0 radical (unpaired) electrons. The van der Waals surface area contributed by atoms with Gasteiger partial charge in [-0.25, -0.2) is 4.79 Å². The summed E-state index contributed by atoms with van der Waals surface area (Å²) in [4.78, 5) is 11.0. The van der Waals surface area contributed by atoms with Crippen LogP contribution in [0.4, 0.5) is 0 Å². The maximum absolute atomic E-state index is 11.0. The molecule has 0 fully saturated rings. The molecule has 0 saturated heterocycles. The molecule has 64 valence electrons. The van der Waals surface area contributed by atoms with Gasteiger partial charge in [0.2, 0.25) is 0 Å². The van der Waals surface area contributed by atoms with E-state index < -0.39 is 0 Å². The third-order valence-electron chi connectivity index (χ3n) is 1.42. The Hall–Kier alpha value is -0.990. The van der Waals surface area contributed by atoms with E-state index in [4.69, 9.17) is 0 Å². The van der Waals surface area contributed by atoms with Crippen molar-refractivity contribution in [2.24, 2.45) is 5.92 Å². The summed E-state index contributed by atoms with van der Waals surface area (Å²) in [7, 11) is 1.38. The van der Waals surface area contributed by atoms with Gasteiger partial charge in [-0.1, -0.05) is 20.4 Å². The van der Waals surface area contributed by atoms with E-state index in [0.29, 0.717) is 0 Å². The molecule has 0 aliphatic rings. The van der Waals surface area contributed by atoms with Gasteiger partial charge < -0.3 is 10.1 Å². The predicted octanol–water partition coefficient (Wildman–Crippen LogP) is 0.917. The largest absolute Gasteiger partial charge is 0.467 e. The van der Waals surface area contributed by atoms with Crippen LogP contribution in [0.15, 0.2) is 12.8 Å². The van der Waals surface area contributed by atoms with E-state index in [1.54, 1.807) is 0 Å². The lowest BCUT2D eigenvalue weighted by Crippen LogP contribution is -2.38. The Morgan fingerprint density at radius 1 is 1.64 bits per heavy atom. The molecular weight excluding hydrogens is 142 g/mol. The van der Waals surface area contributed by atoms with E-state index in [2.05, 4.69) is 16.6 Å². The summed E-state index contributed by atoms with van der Waals surface area (Å²) < 4.78 is 4.58. The number of esters is 1. The average molecular weight is 157 g/mol. The highest BCUT2D eigenvalue weighted by Gasteiger charge is 2.20. The molecule has 0 heterocycles. The highest BCUT2D eigenvalue weighted by Crippen LogP contribution is 2.02. The van der Waals surface area contributed by atoms with Gasteiger partial charge in [-0.15, -0.1) is 0 Å². The number of hydrogen-bond acceptors (Lipinski definition) is 3. The quantitative estimate of drug-likeness (QED) is 0.617. The van der Waals surface area contributed by atoms with Crippen LogP contribution in [0.1, 0.15) is 13.8 Å². The van der Waals surface area contributed by atoms with E-state index in [1.165, 1.54) is 13.3 Å². The van der Waals surface area contributed by atoms with Crippen molar-refractivity contribution in [2.45, 2.75) is 19.9 Å². The summed E-state index contributed by atoms with van der Waals surface area (Å²) in [6, 6.07) is -0.280. The Labute approximate surface area is 67.4 Å². The summed E-state index contributed by atoms with van der Waals surface area (Å²) in [5.74, 6) is -0.0413. The summed E-state index contributed by atoms with van der Waals surface area (Å²) in [6.07, 6.45) is 1.50. The summed E-state index contributed by atoms with van der Waals surface area (Å²) >= 11 is 0. The predicted molar refractivity (Wildman–Crippen MR) is 44.0 cm³/mol. The first-order chi connectivity index (χ1) is 5.13. The van der Waals surface area contributed by atoms with Gasteiger partial charge in [0.15, 0.2) is 0 Å². The van der Waals surface area contributed by atoms with Crippen molar-refractivity contribution in [1.82, 2.24) is 5.32 Å². The number of carbonyl (C=O) groups excluding carboxylic acids is 1. The summed E-state index contributed by atoms with van der Waals surface area (Å²) in [6.45, 7) is 7.37. The molecule has 0 bridgehead atoms. The minimum atomic E-state index is -0.280. The van der Waals surface area contributed by atoms with Gasteiger partial charge >= 0.3 is 5.97 Å². The molecule has 11 heavy (non-hydrogen) atoms. The lowest BCUT2D eigenvalue weighted by atomic mass is 10.1. The van der Waals surface area contributed by atoms with Crippen LogP contribution < -0.4 is 5.32 Å². The number of rotatable bonds is 4. The van der Waals surface area contributed by atoms with E-state index in [0.717, 1.165) is 0 Å². The molecule has 0 aromatic rings. The maximum atomic E-state index is 11.0. The summed E-state index contributed by atoms with van der Waals surface area (Å²) in [5.41, 5.74) is 0. The van der Waals surface area contributed by atoms with Gasteiger partial charge in [-0.2, -0.15) is 0 Å². The molecule has 0 aromatic carbocycles. The second kappa shape index (κ2) is 4.77. The van der Waals surface area contributed by atoms with Crippen LogP contribution in [0, 0.1) is 5.92 Å². The van der Waals surface area contributed by atoms with E-state index in [1.807, 2.05) is 13.8 Å². The van der Waals surface area contributed by atoms with Crippen LogP contribution >= 0.6 is 0 Å². The lowest BCUT2D eigenvalue weighted by molar-refractivity contribution is -0.143. The fraction of sp³-hybridized carbons (Fsp3) is 0.625. The van der Waals surface area contributed by atoms with Crippen LogP contribution in [0.5, 0.6) is 0 Å². The molecule has 1 N–H and O–H groups in total. The van der Waals surface area contributed by atoms with Crippen molar-refractivity contribution in [3.8, 4) is 0 Å². The Morgan fingerprint density at radius 3 is 2.45 bits per heavy atom. The molecule has 3 heteroatoms. The molecule has 0 spiro atoms. The highest BCUT2D eigenvalue weighted by atomic mass is 16.5. The van der Waals surface area contributed by atoms with Gasteiger partial charge in [-0.05, 0) is 12.1 Å². The van der Waals surface area contributed by atoms with E-state index in [9.17, 15) is 4.79 Å². The fourth-order valence-electron chi connectivity index (χ4n) is 0.787. The number of carbonyl (C=O) groups is 1. The molecule has 1 atom stereocenters. The molecule has 0 amide bonds. The van der Waals surface area contributed by atoms with Crippen molar-refractivity contribution in [3.05, 3.63) is 12.8 Å². The normalized spacial score (nSPS) is 12.4. The Balaban J connectivity index is 4.08. The standard InChI is InChI=1S/C8H15NO2/c1-5-9-7(6(2)3)8(10)11-4/h5-7,9H,1H2,2-4H3. The van der Waals surface area contributed by atoms with Crippen LogP contribution in [-0.2, 0) is 9.53 Å². The van der Waals surface area contributed by atoms with Crippen molar-refractivity contribution in [1.29, 1.82) is 0 Å². The zero-order valence-electron chi connectivity index (χ0n) is 7.26. The highest BCUT2D eigenvalue weighted by molar-refractivity contribution is 5.76. The molecule has 3 nitrogen and oxygen atoms in total. The third-order valence-corrected chi connectivity index (χ3v) is 1.42. The zero-order chi connectivity index (χ0) is 8.85. The number of nitrogens with one attached hydrogen (secondary N) is 1. The number of methoxy groups -OCH3 is 1. The van der Waals surface area contributed by atoms with Gasteiger partial charge in [0.25, 0.3) is 0 Å². The van der Waals surface area contributed by atoms with Gasteiger partial charge in [0.1, 0.15) is 6.04 Å². The second-order valence-electron chi connectivity index (χ2n) is 2.62. The van der Waals surface area contributed by atoms with Crippen molar-refractivity contribution in [2.75, 3.05) is 7.11 Å². The van der Waals surface area contributed by atoms with Crippen LogP contribution in [0.2, 0.25) is 0 Å². The van der Waals surface area contributed by atoms with Gasteiger partial charge in [0.05, 0.1) is 7.11 Å². The van der Waals surface area contributed by atoms with E-state index in [-0.39, 0.29) is 17.9 Å². The first-order valence-corrected chi connectivity index (χ1v) is 3.58. The monoisotopic (exact) mass is 157 g/mol. The van der Waals surface area contributed by atoms with Crippen molar-refractivity contribution in [3.63, 3.8) is 0 Å². The second-order valence-corrected chi connectivity index (χ2v) is 2.62. The molecule has 0 aliphatic carbocycles. The van der Waals surface area contributed by atoms with Crippen LogP contribution in [0.3, 0.4) is 0 Å². The molecule has 1 unspecified atom stereocenters. The summed E-state index contributed by atoms with van der Waals surface area (Å²) in [5, 5.41) is 2.82. The zero-order valence-corrected chi connectivity index (χ0v) is 7.26. The fourth-order valence-corrected chi connectivity index (χ4v) is 0.787. The topological polar surface area (TPSA) is 38.3 Å². The Bertz CT molecular complexity index is 143. The Morgan fingerprint density at radius 2 is 2.18 bits per heavy atom. The maximum Gasteiger partial charge on any atom is 0.328 e. The van der Waals surface area contributed by atoms with E-state index >= 15 is 0 Å².